The summed E-state index contributed by atoms with van der Waals surface area (Å²) in [6, 6.07) is 3.03. The highest BCUT2D eigenvalue weighted by atomic mass is 16.6. The quantitative estimate of drug-likeness (QED) is 0.820. The van der Waals surface area contributed by atoms with Crippen molar-refractivity contribution in [3.05, 3.63) is 23.3 Å². The van der Waals surface area contributed by atoms with Crippen molar-refractivity contribution in [1.82, 2.24) is 0 Å². The van der Waals surface area contributed by atoms with E-state index >= 15 is 0 Å². The highest BCUT2D eigenvalue weighted by Gasteiger charge is 2.14. The molecule has 0 amide bonds. The highest BCUT2D eigenvalue weighted by Crippen LogP contribution is 2.31. The van der Waals surface area contributed by atoms with E-state index in [-0.39, 0.29) is 17.5 Å². The van der Waals surface area contributed by atoms with Gasteiger partial charge in [0, 0.05) is 6.04 Å². The number of carbonyl (C=O) groups is 2. The minimum atomic E-state index is -1.01. The first-order valence-electron chi connectivity index (χ1n) is 5.63. The molecule has 0 aliphatic heterocycles. The van der Waals surface area contributed by atoms with E-state index in [1.54, 1.807) is 12.1 Å². The Hall–Kier alpha value is -1.75. The summed E-state index contributed by atoms with van der Waals surface area (Å²) in [6.07, 6.45) is 0.581. The van der Waals surface area contributed by atoms with Crippen LogP contribution in [0.1, 0.15) is 18.1 Å². The fourth-order valence-corrected chi connectivity index (χ4v) is 1.65. The van der Waals surface area contributed by atoms with Crippen molar-refractivity contribution in [3.63, 3.8) is 0 Å². The van der Waals surface area contributed by atoms with Crippen LogP contribution < -0.4 is 15.2 Å². The van der Waals surface area contributed by atoms with E-state index in [0.717, 1.165) is 11.1 Å². The maximum Gasteiger partial charge on any atom is 0.241 e. The average molecular weight is 257 g/mol. The lowest BCUT2D eigenvalue weighted by molar-refractivity contribution is 0.215. The van der Waals surface area contributed by atoms with Crippen molar-refractivity contribution in [1.29, 1.82) is 0 Å². The van der Waals surface area contributed by atoms with E-state index in [9.17, 15) is 9.59 Å². The molecule has 5 nitrogen and oxygen atoms in total. The van der Waals surface area contributed by atoms with Crippen molar-refractivity contribution in [2.45, 2.75) is 26.3 Å². The third kappa shape index (κ3) is 4.79. The third-order valence-electron chi connectivity index (χ3n) is 2.37. The molecule has 19 heavy (non-hydrogen) atoms. The molecule has 0 spiro atoms. The van der Waals surface area contributed by atoms with Gasteiger partial charge in [0.1, 0.15) is 0 Å². The lowest BCUT2D eigenvalue weighted by Crippen LogP contribution is -2.19. The Morgan fingerprint density at radius 2 is 1.68 bits per heavy atom. The molecule has 0 aromatic heterocycles. The molecule has 1 aromatic rings. The van der Waals surface area contributed by atoms with Crippen molar-refractivity contribution >= 4 is 27.4 Å². The van der Waals surface area contributed by atoms with Crippen LogP contribution in [0.2, 0.25) is 0 Å². The first kappa shape index (κ1) is 15.3. The second-order valence-corrected chi connectivity index (χ2v) is 4.25. The molecule has 96 valence electrons. The zero-order valence-electron chi connectivity index (χ0n) is 10.8. The zero-order chi connectivity index (χ0) is 14.6. The van der Waals surface area contributed by atoms with Crippen LogP contribution in [0.5, 0.6) is 11.5 Å². The average Bonchev–Trinajstić information content (AvgIpc) is 2.22. The van der Waals surface area contributed by atoms with Crippen LogP contribution in [0, 0.1) is 6.92 Å². The van der Waals surface area contributed by atoms with Gasteiger partial charge < -0.3 is 15.2 Å². The van der Waals surface area contributed by atoms with Crippen molar-refractivity contribution in [2.75, 3.05) is 0 Å². The molecule has 7 heteroatoms. The molecule has 0 bridgehead atoms. The Bertz CT molecular complexity index is 503. The van der Waals surface area contributed by atoms with Gasteiger partial charge in [0.2, 0.25) is 27.4 Å². The number of rotatable bonds is 4. The Morgan fingerprint density at radius 1 is 1.21 bits per heavy atom. The molecular formula is C12H13B2NO4. The van der Waals surface area contributed by atoms with Gasteiger partial charge in [0.15, 0.2) is 11.5 Å². The summed E-state index contributed by atoms with van der Waals surface area (Å²) in [7, 11) is 9.90. The minimum Gasteiger partial charge on any atom is -0.432 e. The maximum atomic E-state index is 10.8. The first-order chi connectivity index (χ1) is 8.79. The maximum absolute atomic E-state index is 10.8. The highest BCUT2D eigenvalue weighted by molar-refractivity contribution is 6.56. The molecule has 1 unspecified atom stereocenters. The fraction of sp³-hybridized carbons (Fsp3) is 0.333. The van der Waals surface area contributed by atoms with Gasteiger partial charge in [0.05, 0.1) is 0 Å². The number of nitrogens with two attached hydrogens (primary N) is 1. The summed E-state index contributed by atoms with van der Waals surface area (Å²) in [5.41, 5.74) is 7.43. The van der Waals surface area contributed by atoms with Gasteiger partial charge in [-0.2, -0.15) is 0 Å². The molecule has 0 saturated heterocycles. The van der Waals surface area contributed by atoms with E-state index in [0.29, 0.717) is 6.42 Å². The molecule has 0 aliphatic rings. The van der Waals surface area contributed by atoms with Gasteiger partial charge in [-0.15, -0.1) is 0 Å². The van der Waals surface area contributed by atoms with Crippen LogP contribution in [0.15, 0.2) is 12.1 Å². The molecule has 0 saturated carbocycles. The van der Waals surface area contributed by atoms with Crippen LogP contribution in [0.4, 0.5) is 9.59 Å². The zero-order valence-corrected chi connectivity index (χ0v) is 10.8. The molecule has 0 aliphatic carbocycles. The topological polar surface area (TPSA) is 78.6 Å². The molecule has 1 rings (SSSR count). The van der Waals surface area contributed by atoms with Crippen LogP contribution in [-0.2, 0) is 6.42 Å². The second kappa shape index (κ2) is 6.43. The summed E-state index contributed by atoms with van der Waals surface area (Å²) in [6.45, 7) is 3.67. The molecule has 1 aromatic carbocycles. The summed E-state index contributed by atoms with van der Waals surface area (Å²) in [5, 5.41) is 0. The Kier molecular flexibility index (Phi) is 5.18. The van der Waals surface area contributed by atoms with E-state index in [1.807, 2.05) is 13.8 Å². The summed E-state index contributed by atoms with van der Waals surface area (Å²) >= 11 is 0. The van der Waals surface area contributed by atoms with Crippen molar-refractivity contribution in [3.8, 4) is 11.5 Å². The number of hydrogen-bond donors (Lipinski definition) is 1. The SMILES string of the molecule is [B]C(=O)Oc1cc(C)c(CC(C)N)cc1OC([B])=O. The Morgan fingerprint density at radius 3 is 2.11 bits per heavy atom. The van der Waals surface area contributed by atoms with Crippen molar-refractivity contribution < 1.29 is 19.1 Å². The monoisotopic (exact) mass is 257 g/mol. The lowest BCUT2D eigenvalue weighted by atomic mass is 10.0. The lowest BCUT2D eigenvalue weighted by Gasteiger charge is -2.14. The summed E-state index contributed by atoms with van der Waals surface area (Å²) in [4.78, 5) is 21.6. The molecule has 4 radical (unpaired) electrons. The van der Waals surface area contributed by atoms with E-state index in [4.69, 9.17) is 30.9 Å². The third-order valence-corrected chi connectivity index (χ3v) is 2.37. The van der Waals surface area contributed by atoms with Crippen LogP contribution >= 0.6 is 0 Å². The van der Waals surface area contributed by atoms with Crippen molar-refractivity contribution in [2.24, 2.45) is 5.73 Å². The van der Waals surface area contributed by atoms with Crippen LogP contribution in [-0.4, -0.2) is 33.5 Å². The molecule has 2 N–H and O–H groups in total. The van der Waals surface area contributed by atoms with Gasteiger partial charge in [-0.05, 0) is 43.5 Å². The Labute approximate surface area is 114 Å². The minimum absolute atomic E-state index is 0.0348. The van der Waals surface area contributed by atoms with E-state index in [1.165, 1.54) is 0 Å². The van der Waals surface area contributed by atoms with Crippen LogP contribution in [0.25, 0.3) is 0 Å². The molecule has 1 atom stereocenters. The number of aryl methyl sites for hydroxylation is 1. The normalized spacial score (nSPS) is 11.7. The summed E-state index contributed by atoms with van der Waals surface area (Å²) < 4.78 is 9.55. The molecular weight excluding hydrogens is 244 g/mol. The first-order valence-corrected chi connectivity index (χ1v) is 5.63. The number of hydrogen-bond acceptors (Lipinski definition) is 5. The molecule has 0 fully saturated rings. The predicted molar refractivity (Wildman–Crippen MR) is 72.1 cm³/mol. The van der Waals surface area contributed by atoms with Gasteiger partial charge in [-0.3, -0.25) is 9.59 Å². The van der Waals surface area contributed by atoms with Gasteiger partial charge in [-0.25, -0.2) is 0 Å². The summed E-state index contributed by atoms with van der Waals surface area (Å²) in [5.74, 6) is -1.94. The standard InChI is InChI=1S/C12H13B2NO4/c1-6-3-9(18-11(13)16)10(19-12(14)17)5-8(6)4-7(2)15/h3,5,7H,4,15H2,1-2H3. The van der Waals surface area contributed by atoms with Gasteiger partial charge in [-0.1, -0.05) is 0 Å². The fourth-order valence-electron chi connectivity index (χ4n) is 1.65. The van der Waals surface area contributed by atoms with Crippen LogP contribution in [0.3, 0.4) is 0 Å². The number of carbonyl (C=O) groups excluding carboxylic acids is 2. The predicted octanol–water partition coefficient (Wildman–Crippen LogP) is 1.22. The number of ether oxygens (including phenoxy) is 2. The Balaban J connectivity index is 3.19. The second-order valence-electron chi connectivity index (χ2n) is 4.25. The van der Waals surface area contributed by atoms with Gasteiger partial charge >= 0.3 is 0 Å². The number of benzene rings is 1. The smallest absolute Gasteiger partial charge is 0.241 e. The molecule has 0 heterocycles. The largest absolute Gasteiger partial charge is 0.432 e. The van der Waals surface area contributed by atoms with Gasteiger partial charge in [0.25, 0.3) is 0 Å². The van der Waals surface area contributed by atoms with E-state index < -0.39 is 11.7 Å². The van der Waals surface area contributed by atoms with E-state index in [2.05, 4.69) is 0 Å².